The maximum Gasteiger partial charge on any atom is 0.248 e. The number of hydrogen-bond acceptors (Lipinski definition) is 5. The van der Waals surface area contributed by atoms with Crippen LogP contribution in [0, 0.1) is 17.8 Å². The van der Waals surface area contributed by atoms with E-state index in [1.54, 1.807) is 42.6 Å². The van der Waals surface area contributed by atoms with Crippen LogP contribution in [-0.2, 0) is 4.79 Å². The second-order valence-corrected chi connectivity index (χ2v) is 8.07. The highest BCUT2D eigenvalue weighted by Crippen LogP contribution is 2.42. The molecule has 2 bridgehead atoms. The molecule has 2 aliphatic carbocycles. The molecule has 0 saturated heterocycles. The van der Waals surface area contributed by atoms with Gasteiger partial charge in [-0.25, -0.2) is 4.98 Å². The van der Waals surface area contributed by atoms with Crippen molar-refractivity contribution >= 4 is 42.3 Å². The molecule has 7 nitrogen and oxygen atoms in total. The summed E-state index contributed by atoms with van der Waals surface area (Å²) in [6, 6.07) is 10.3. The molecule has 1 aromatic heterocycles. The lowest BCUT2D eigenvalue weighted by Gasteiger charge is -2.43. The molecule has 2 aliphatic rings. The lowest BCUT2D eigenvalue weighted by atomic mass is 9.65. The van der Waals surface area contributed by atoms with Crippen molar-refractivity contribution < 1.29 is 14.3 Å². The lowest BCUT2D eigenvalue weighted by Crippen LogP contribution is -2.48. The zero-order chi connectivity index (χ0) is 20.4. The van der Waals surface area contributed by atoms with Gasteiger partial charge in [0.1, 0.15) is 5.75 Å². The molecule has 1 aromatic carbocycles. The van der Waals surface area contributed by atoms with Gasteiger partial charge >= 0.3 is 0 Å². The summed E-state index contributed by atoms with van der Waals surface area (Å²) in [5, 5.41) is 2.97. The number of rotatable bonds is 5. The molecule has 31 heavy (non-hydrogen) atoms. The van der Waals surface area contributed by atoms with Crippen molar-refractivity contribution in [2.75, 3.05) is 5.32 Å². The Bertz CT molecular complexity index is 896. The number of aromatic nitrogens is 1. The zero-order valence-electron chi connectivity index (χ0n) is 17.0. The molecule has 168 valence electrons. The highest BCUT2D eigenvalue weighted by atomic mass is 35.5. The number of benzene rings is 1. The van der Waals surface area contributed by atoms with Gasteiger partial charge < -0.3 is 21.5 Å². The van der Waals surface area contributed by atoms with Crippen molar-refractivity contribution in [3.8, 4) is 11.6 Å². The lowest BCUT2D eigenvalue weighted by molar-refractivity contribution is -0.122. The van der Waals surface area contributed by atoms with E-state index in [0.29, 0.717) is 34.7 Å². The third kappa shape index (κ3) is 5.87. The highest BCUT2D eigenvalue weighted by Gasteiger charge is 2.40. The van der Waals surface area contributed by atoms with E-state index in [1.807, 2.05) is 0 Å². The predicted octanol–water partition coefficient (Wildman–Crippen LogP) is 3.91. The number of hydrogen-bond donors (Lipinski definition) is 3. The molecule has 2 amide bonds. The van der Waals surface area contributed by atoms with E-state index in [9.17, 15) is 9.59 Å². The van der Waals surface area contributed by atoms with Crippen LogP contribution in [0.2, 0.25) is 0 Å². The van der Waals surface area contributed by atoms with E-state index >= 15 is 0 Å². The van der Waals surface area contributed by atoms with Gasteiger partial charge in [-0.3, -0.25) is 9.59 Å². The summed E-state index contributed by atoms with van der Waals surface area (Å²) in [6.07, 6.45) is 6.80. The number of nitrogens with zero attached hydrogens (tertiary/aromatic N) is 1. The normalized spacial score (nSPS) is 24.2. The number of fused-ring (bicyclic) bond motifs is 2. The van der Waals surface area contributed by atoms with E-state index in [0.717, 1.165) is 25.7 Å². The fraction of sp³-hybridized carbons (Fsp3) is 0.409. The van der Waals surface area contributed by atoms with Crippen LogP contribution in [0.15, 0.2) is 42.6 Å². The number of carbonyl (C=O) groups is 2. The Kier molecular flexibility index (Phi) is 8.68. The summed E-state index contributed by atoms with van der Waals surface area (Å²) in [4.78, 5) is 28.2. The van der Waals surface area contributed by atoms with Crippen molar-refractivity contribution in [1.82, 2.24) is 4.98 Å². The van der Waals surface area contributed by atoms with Crippen molar-refractivity contribution in [1.29, 1.82) is 0 Å². The molecule has 2 aromatic rings. The van der Waals surface area contributed by atoms with E-state index in [-0.39, 0.29) is 42.7 Å². The first kappa shape index (κ1) is 24.9. The standard InChI is InChI=1S/C22H26N4O3.2ClH/c23-20-13-3-1-4-14(20)10-16(9-13)22(28)26-17-7-8-19(25-12-17)29-18-6-2-5-15(11-18)21(24)27;;/h2,5-8,11-14,16,20H,1,3-4,9-10,23H2,(H2,24,27)(H,26,28);2*1H. The first-order valence-corrected chi connectivity index (χ1v) is 10.1. The Morgan fingerprint density at radius 3 is 2.39 bits per heavy atom. The van der Waals surface area contributed by atoms with Crippen LogP contribution >= 0.6 is 24.8 Å². The summed E-state index contributed by atoms with van der Waals surface area (Å²) in [5.74, 6) is 1.29. The molecule has 0 radical (unpaired) electrons. The van der Waals surface area contributed by atoms with Crippen molar-refractivity contribution in [3.05, 3.63) is 48.2 Å². The predicted molar refractivity (Wildman–Crippen MR) is 124 cm³/mol. The van der Waals surface area contributed by atoms with Gasteiger partial charge in [-0.2, -0.15) is 0 Å². The quantitative estimate of drug-likeness (QED) is 0.616. The van der Waals surface area contributed by atoms with Crippen LogP contribution in [-0.4, -0.2) is 22.8 Å². The zero-order valence-corrected chi connectivity index (χ0v) is 18.7. The van der Waals surface area contributed by atoms with Crippen LogP contribution in [0.5, 0.6) is 11.6 Å². The minimum absolute atomic E-state index is 0. The molecular formula is C22H28Cl2N4O3. The van der Waals surface area contributed by atoms with Crippen molar-refractivity contribution in [3.63, 3.8) is 0 Å². The van der Waals surface area contributed by atoms with Gasteiger partial charge in [-0.1, -0.05) is 12.5 Å². The topological polar surface area (TPSA) is 120 Å². The van der Waals surface area contributed by atoms with E-state index in [1.165, 1.54) is 6.42 Å². The molecule has 4 rings (SSSR count). The van der Waals surface area contributed by atoms with E-state index < -0.39 is 5.91 Å². The number of nitrogens with two attached hydrogens (primary N) is 2. The van der Waals surface area contributed by atoms with Crippen LogP contribution in [0.3, 0.4) is 0 Å². The molecule has 0 aliphatic heterocycles. The number of ether oxygens (including phenoxy) is 1. The first-order chi connectivity index (χ1) is 14.0. The second kappa shape index (κ2) is 10.8. The Morgan fingerprint density at radius 2 is 1.77 bits per heavy atom. The average molecular weight is 467 g/mol. The third-order valence-electron chi connectivity index (χ3n) is 6.13. The maximum atomic E-state index is 12.7. The number of halogens is 2. The van der Waals surface area contributed by atoms with Crippen LogP contribution in [0.4, 0.5) is 5.69 Å². The molecule has 2 fully saturated rings. The van der Waals surface area contributed by atoms with Gasteiger partial charge in [0, 0.05) is 23.6 Å². The Balaban J connectivity index is 0.00000171. The molecule has 2 atom stereocenters. The summed E-state index contributed by atoms with van der Waals surface area (Å²) < 4.78 is 5.66. The van der Waals surface area contributed by atoms with Crippen LogP contribution < -0.4 is 21.5 Å². The summed E-state index contributed by atoms with van der Waals surface area (Å²) in [7, 11) is 0. The van der Waals surface area contributed by atoms with Gasteiger partial charge in [0.05, 0.1) is 11.9 Å². The number of carbonyl (C=O) groups excluding carboxylic acids is 2. The molecule has 9 heteroatoms. The average Bonchev–Trinajstić information content (AvgIpc) is 2.69. The smallest absolute Gasteiger partial charge is 0.248 e. The third-order valence-corrected chi connectivity index (χ3v) is 6.13. The van der Waals surface area contributed by atoms with Gasteiger partial charge in [0.25, 0.3) is 0 Å². The van der Waals surface area contributed by atoms with Crippen molar-refractivity contribution in [2.24, 2.45) is 29.2 Å². The molecule has 5 N–H and O–H groups in total. The molecule has 0 spiro atoms. The minimum Gasteiger partial charge on any atom is -0.439 e. The summed E-state index contributed by atoms with van der Waals surface area (Å²) in [6.45, 7) is 0. The van der Waals surface area contributed by atoms with Crippen molar-refractivity contribution in [2.45, 2.75) is 38.1 Å². The van der Waals surface area contributed by atoms with Gasteiger partial charge in [0.2, 0.25) is 17.7 Å². The fourth-order valence-electron chi connectivity index (χ4n) is 4.60. The summed E-state index contributed by atoms with van der Waals surface area (Å²) >= 11 is 0. The fourth-order valence-corrected chi connectivity index (χ4v) is 4.60. The Morgan fingerprint density at radius 1 is 1.06 bits per heavy atom. The van der Waals surface area contributed by atoms with E-state index in [4.69, 9.17) is 16.2 Å². The minimum atomic E-state index is -0.519. The number of nitrogens with one attached hydrogen (secondary N) is 1. The van der Waals surface area contributed by atoms with Crippen LogP contribution in [0.25, 0.3) is 0 Å². The largest absolute Gasteiger partial charge is 0.439 e. The first-order valence-electron chi connectivity index (χ1n) is 10.1. The van der Waals surface area contributed by atoms with Gasteiger partial charge in [0.15, 0.2) is 0 Å². The maximum absolute atomic E-state index is 12.7. The number of primary amides is 1. The van der Waals surface area contributed by atoms with E-state index in [2.05, 4.69) is 10.3 Å². The number of anilines is 1. The van der Waals surface area contributed by atoms with Crippen LogP contribution in [0.1, 0.15) is 42.5 Å². The SMILES string of the molecule is Cl.Cl.NC(=O)c1cccc(Oc2ccc(NC(=O)C3CC4CCCC(C3)C4N)cn2)c1. The molecular weight excluding hydrogens is 439 g/mol. The Hall–Kier alpha value is -2.35. The number of pyridine rings is 1. The van der Waals surface area contributed by atoms with Gasteiger partial charge in [-0.05, 0) is 61.8 Å². The van der Waals surface area contributed by atoms with Gasteiger partial charge in [-0.15, -0.1) is 24.8 Å². The highest BCUT2D eigenvalue weighted by molar-refractivity contribution is 5.93. The number of amides is 2. The monoisotopic (exact) mass is 466 g/mol. The molecule has 2 unspecified atom stereocenters. The molecule has 2 saturated carbocycles. The Labute approximate surface area is 194 Å². The summed E-state index contributed by atoms with van der Waals surface area (Å²) in [5.41, 5.74) is 12.6. The second-order valence-electron chi connectivity index (χ2n) is 8.07. The molecule has 1 heterocycles.